The van der Waals surface area contributed by atoms with Crippen molar-refractivity contribution in [1.82, 2.24) is 4.31 Å². The summed E-state index contributed by atoms with van der Waals surface area (Å²) in [5.41, 5.74) is -1.99. The SMILES string of the molecule is N#Cc1cc(S(=O)(=O)N2C3CCC2C(C(=O)O)C3)ccc1C(F)(F)F. The number of carboxylic acids is 1. The van der Waals surface area contributed by atoms with Gasteiger partial charge in [0.25, 0.3) is 0 Å². The van der Waals surface area contributed by atoms with Crippen molar-refractivity contribution in [3.63, 3.8) is 0 Å². The molecule has 0 aliphatic carbocycles. The van der Waals surface area contributed by atoms with Gasteiger partial charge >= 0.3 is 12.1 Å². The Bertz CT molecular complexity index is 876. The Hall–Kier alpha value is -2.12. The maximum atomic E-state index is 12.9. The first-order valence-corrected chi connectivity index (χ1v) is 8.89. The zero-order chi connectivity index (χ0) is 18.6. The molecule has 3 rings (SSSR count). The number of halogens is 3. The Morgan fingerprint density at radius 1 is 1.32 bits per heavy atom. The van der Waals surface area contributed by atoms with Crippen LogP contribution in [-0.4, -0.2) is 35.9 Å². The normalized spacial score (nSPS) is 26.6. The van der Waals surface area contributed by atoms with Crippen molar-refractivity contribution in [2.24, 2.45) is 5.92 Å². The molecule has 2 heterocycles. The number of nitriles is 1. The van der Waals surface area contributed by atoms with Gasteiger partial charge < -0.3 is 5.11 Å². The molecule has 0 spiro atoms. The summed E-state index contributed by atoms with van der Waals surface area (Å²) in [7, 11) is -4.18. The highest BCUT2D eigenvalue weighted by Crippen LogP contribution is 2.45. The predicted octanol–water partition coefficient (Wildman–Crippen LogP) is 2.20. The fourth-order valence-electron chi connectivity index (χ4n) is 3.72. The van der Waals surface area contributed by atoms with Gasteiger partial charge in [0.2, 0.25) is 10.0 Å². The van der Waals surface area contributed by atoms with Gasteiger partial charge in [-0.05, 0) is 37.5 Å². The largest absolute Gasteiger partial charge is 0.481 e. The van der Waals surface area contributed by atoms with Crippen molar-refractivity contribution < 1.29 is 31.5 Å². The van der Waals surface area contributed by atoms with E-state index in [0.717, 1.165) is 10.4 Å². The molecule has 2 aliphatic heterocycles. The smallest absolute Gasteiger partial charge is 0.417 e. The van der Waals surface area contributed by atoms with Gasteiger partial charge in [-0.1, -0.05) is 0 Å². The van der Waals surface area contributed by atoms with Crippen molar-refractivity contribution in [2.75, 3.05) is 0 Å². The van der Waals surface area contributed by atoms with E-state index in [4.69, 9.17) is 5.26 Å². The summed E-state index contributed by atoms with van der Waals surface area (Å²) in [6.45, 7) is 0. The zero-order valence-corrected chi connectivity index (χ0v) is 13.5. The zero-order valence-electron chi connectivity index (χ0n) is 12.7. The van der Waals surface area contributed by atoms with Gasteiger partial charge in [-0.2, -0.15) is 22.7 Å². The van der Waals surface area contributed by atoms with Crippen molar-refractivity contribution in [3.8, 4) is 6.07 Å². The number of hydrogen-bond donors (Lipinski definition) is 1. The van der Waals surface area contributed by atoms with Gasteiger partial charge in [0, 0.05) is 12.1 Å². The molecule has 1 aromatic carbocycles. The molecule has 25 heavy (non-hydrogen) atoms. The first-order valence-electron chi connectivity index (χ1n) is 7.45. The van der Waals surface area contributed by atoms with Gasteiger partial charge in [0.1, 0.15) is 0 Å². The monoisotopic (exact) mass is 374 g/mol. The highest BCUT2D eigenvalue weighted by molar-refractivity contribution is 7.89. The average molecular weight is 374 g/mol. The fraction of sp³-hybridized carbons (Fsp3) is 0.467. The Kier molecular flexibility index (Phi) is 4.04. The second-order valence-electron chi connectivity index (χ2n) is 6.13. The third-order valence-electron chi connectivity index (χ3n) is 4.78. The molecule has 0 amide bonds. The lowest BCUT2D eigenvalue weighted by Crippen LogP contribution is -2.37. The minimum atomic E-state index is -4.77. The summed E-state index contributed by atoms with van der Waals surface area (Å²) >= 11 is 0. The van der Waals surface area contributed by atoms with Gasteiger partial charge in [0.15, 0.2) is 0 Å². The molecule has 2 fully saturated rings. The van der Waals surface area contributed by atoms with Gasteiger partial charge in [-0.25, -0.2) is 8.42 Å². The molecule has 2 bridgehead atoms. The van der Waals surface area contributed by atoms with E-state index in [2.05, 4.69) is 0 Å². The molecule has 1 N–H and O–H groups in total. The number of carbonyl (C=O) groups is 1. The van der Waals surface area contributed by atoms with Crippen LogP contribution in [0.4, 0.5) is 13.2 Å². The van der Waals surface area contributed by atoms with E-state index in [1.165, 1.54) is 6.07 Å². The molecule has 3 atom stereocenters. The summed E-state index contributed by atoms with van der Waals surface area (Å²) in [6.07, 6.45) is -3.68. The predicted molar refractivity (Wildman–Crippen MR) is 77.7 cm³/mol. The Morgan fingerprint density at radius 3 is 2.52 bits per heavy atom. The van der Waals surface area contributed by atoms with E-state index in [1.54, 1.807) is 0 Å². The summed E-state index contributed by atoms with van der Waals surface area (Å²) in [6, 6.07) is 2.26. The molecular weight excluding hydrogens is 361 g/mol. The summed E-state index contributed by atoms with van der Waals surface area (Å²) in [4.78, 5) is 10.8. The Balaban J connectivity index is 2.02. The number of sulfonamides is 1. The average Bonchev–Trinajstić information content (AvgIpc) is 3.12. The molecule has 2 aliphatic rings. The van der Waals surface area contributed by atoms with Crippen molar-refractivity contribution in [1.29, 1.82) is 5.26 Å². The number of nitrogens with zero attached hydrogens (tertiary/aromatic N) is 2. The van der Waals surface area contributed by atoms with Crippen LogP contribution in [0.2, 0.25) is 0 Å². The van der Waals surface area contributed by atoms with E-state index < -0.39 is 56.2 Å². The third kappa shape index (κ3) is 2.77. The second kappa shape index (κ2) is 5.71. The first kappa shape index (κ1) is 17.7. The lowest BCUT2D eigenvalue weighted by atomic mass is 9.89. The van der Waals surface area contributed by atoms with Crippen LogP contribution in [0.25, 0.3) is 0 Å². The van der Waals surface area contributed by atoms with Crippen molar-refractivity contribution in [3.05, 3.63) is 29.3 Å². The van der Waals surface area contributed by atoms with Crippen LogP contribution in [0.1, 0.15) is 30.4 Å². The van der Waals surface area contributed by atoms with Crippen LogP contribution in [0, 0.1) is 17.2 Å². The lowest BCUT2D eigenvalue weighted by Gasteiger charge is -2.23. The number of fused-ring (bicyclic) bond motifs is 2. The standard InChI is InChI=1S/C15H13F3N2O4S/c16-15(17,18)12-3-2-10(5-8(12)7-19)25(23,24)20-9-1-4-13(20)11(6-9)14(21)22/h2-3,5,9,11,13H,1,4,6H2,(H,21,22). The number of alkyl halides is 3. The summed E-state index contributed by atoms with van der Waals surface area (Å²) < 4.78 is 65.4. The molecular formula is C15H13F3N2O4S. The molecule has 2 saturated heterocycles. The fourth-order valence-corrected chi connectivity index (χ4v) is 5.67. The molecule has 0 saturated carbocycles. The minimum absolute atomic E-state index is 0.185. The van der Waals surface area contributed by atoms with Crippen LogP contribution in [0.5, 0.6) is 0 Å². The van der Waals surface area contributed by atoms with Crippen LogP contribution in [0.15, 0.2) is 23.1 Å². The van der Waals surface area contributed by atoms with Crippen LogP contribution >= 0.6 is 0 Å². The maximum absolute atomic E-state index is 12.9. The Labute approximate surface area is 141 Å². The van der Waals surface area contributed by atoms with Gasteiger partial charge in [-0.3, -0.25) is 4.79 Å². The number of aliphatic carboxylic acids is 1. The van der Waals surface area contributed by atoms with Crippen LogP contribution < -0.4 is 0 Å². The number of benzene rings is 1. The van der Waals surface area contributed by atoms with Crippen molar-refractivity contribution in [2.45, 2.75) is 42.4 Å². The topological polar surface area (TPSA) is 98.5 Å². The van der Waals surface area contributed by atoms with E-state index in [0.29, 0.717) is 25.0 Å². The minimum Gasteiger partial charge on any atom is -0.481 e. The summed E-state index contributed by atoms with van der Waals surface area (Å²) in [5.74, 6) is -1.91. The van der Waals surface area contributed by atoms with Crippen molar-refractivity contribution >= 4 is 16.0 Å². The van der Waals surface area contributed by atoms with E-state index in [1.807, 2.05) is 0 Å². The molecule has 1 aromatic rings. The highest BCUT2D eigenvalue weighted by atomic mass is 32.2. The third-order valence-corrected chi connectivity index (χ3v) is 6.76. The first-order chi connectivity index (χ1) is 11.6. The summed E-state index contributed by atoms with van der Waals surface area (Å²) in [5, 5.41) is 18.1. The number of hydrogen-bond acceptors (Lipinski definition) is 4. The lowest BCUT2D eigenvalue weighted by molar-refractivity contribution is -0.142. The molecule has 0 aromatic heterocycles. The van der Waals surface area contributed by atoms with Gasteiger partial charge in [0.05, 0.1) is 28.0 Å². The molecule has 134 valence electrons. The molecule has 6 nitrogen and oxygen atoms in total. The van der Waals surface area contributed by atoms with E-state index in [9.17, 15) is 31.5 Å². The van der Waals surface area contributed by atoms with E-state index >= 15 is 0 Å². The molecule has 0 radical (unpaired) electrons. The second-order valence-corrected chi connectivity index (χ2v) is 7.97. The highest BCUT2D eigenvalue weighted by Gasteiger charge is 2.54. The number of rotatable bonds is 3. The quantitative estimate of drug-likeness (QED) is 0.875. The van der Waals surface area contributed by atoms with E-state index in [-0.39, 0.29) is 6.42 Å². The van der Waals surface area contributed by atoms with Gasteiger partial charge in [-0.15, -0.1) is 0 Å². The van der Waals surface area contributed by atoms with Crippen LogP contribution in [0.3, 0.4) is 0 Å². The number of carboxylic acid groups (broad SMARTS) is 1. The molecule has 10 heteroatoms. The Morgan fingerprint density at radius 2 is 2.00 bits per heavy atom. The maximum Gasteiger partial charge on any atom is 0.417 e. The van der Waals surface area contributed by atoms with Crippen LogP contribution in [-0.2, 0) is 21.0 Å². The molecule has 3 unspecified atom stereocenters.